The van der Waals surface area contributed by atoms with Crippen molar-refractivity contribution in [2.45, 2.75) is 13.8 Å². The van der Waals surface area contributed by atoms with Gasteiger partial charge in [-0.1, -0.05) is 18.2 Å². The summed E-state index contributed by atoms with van der Waals surface area (Å²) < 4.78 is 1.67. The molecular weight excluding hydrogens is 360 g/mol. The fourth-order valence-electron chi connectivity index (χ4n) is 2.77. The van der Waals surface area contributed by atoms with Crippen LogP contribution in [0.25, 0.3) is 0 Å². The summed E-state index contributed by atoms with van der Waals surface area (Å²) in [6.07, 6.45) is 0. The standard InChI is InChI=1S/C20H18N4O4/c1-13-10-11-14(2)23(13)22-19(25)15-6-5-7-16(12-15)21-20(26)17-8-3-4-9-18(17)24(27)28/h3-12H,1-2H3,(H,21,26)(H,22,25). The van der Waals surface area contributed by atoms with Crippen LogP contribution < -0.4 is 10.7 Å². The van der Waals surface area contributed by atoms with Crippen molar-refractivity contribution >= 4 is 23.2 Å². The van der Waals surface area contributed by atoms with Gasteiger partial charge in [0.15, 0.2) is 0 Å². The molecule has 3 rings (SSSR count). The number of nitro groups is 1. The van der Waals surface area contributed by atoms with Crippen LogP contribution in [0.5, 0.6) is 0 Å². The van der Waals surface area contributed by atoms with Crippen molar-refractivity contribution in [1.29, 1.82) is 0 Å². The molecule has 0 fully saturated rings. The number of nitro benzene ring substituents is 1. The van der Waals surface area contributed by atoms with Gasteiger partial charge in [-0.2, -0.15) is 0 Å². The maximum Gasteiger partial charge on any atom is 0.282 e. The Morgan fingerprint density at radius 3 is 2.29 bits per heavy atom. The summed E-state index contributed by atoms with van der Waals surface area (Å²) in [5.74, 6) is -0.967. The Hall–Kier alpha value is -3.94. The highest BCUT2D eigenvalue weighted by Crippen LogP contribution is 2.20. The number of benzene rings is 2. The van der Waals surface area contributed by atoms with Crippen molar-refractivity contribution in [2.75, 3.05) is 10.7 Å². The number of nitrogens with zero attached hydrogens (tertiary/aromatic N) is 2. The highest BCUT2D eigenvalue weighted by Gasteiger charge is 2.19. The zero-order chi connectivity index (χ0) is 20.3. The predicted octanol–water partition coefficient (Wildman–Crippen LogP) is 3.65. The third-order valence-electron chi connectivity index (χ3n) is 4.21. The van der Waals surface area contributed by atoms with Crippen molar-refractivity contribution in [3.05, 3.63) is 93.3 Å². The summed E-state index contributed by atoms with van der Waals surface area (Å²) in [4.78, 5) is 35.5. The number of carbonyl (C=O) groups excluding carboxylic acids is 2. The third kappa shape index (κ3) is 3.90. The first-order valence-electron chi connectivity index (χ1n) is 8.48. The quantitative estimate of drug-likeness (QED) is 0.522. The van der Waals surface area contributed by atoms with Gasteiger partial charge < -0.3 is 5.32 Å². The molecule has 2 amide bonds. The SMILES string of the molecule is Cc1ccc(C)n1NC(=O)c1cccc(NC(=O)c2ccccc2[N+](=O)[O-])c1. The highest BCUT2D eigenvalue weighted by molar-refractivity contribution is 6.08. The molecule has 1 aromatic heterocycles. The van der Waals surface area contributed by atoms with E-state index in [1.54, 1.807) is 28.9 Å². The molecule has 0 aliphatic heterocycles. The molecule has 0 bridgehead atoms. The number of nitrogens with one attached hydrogen (secondary N) is 2. The van der Waals surface area contributed by atoms with Crippen LogP contribution in [0, 0.1) is 24.0 Å². The van der Waals surface area contributed by atoms with Gasteiger partial charge in [-0.15, -0.1) is 0 Å². The summed E-state index contributed by atoms with van der Waals surface area (Å²) in [5.41, 5.74) is 4.91. The molecule has 0 aliphatic rings. The van der Waals surface area contributed by atoms with Gasteiger partial charge in [0.05, 0.1) is 4.92 Å². The summed E-state index contributed by atoms with van der Waals surface area (Å²) in [7, 11) is 0. The monoisotopic (exact) mass is 378 g/mol. The van der Waals surface area contributed by atoms with Gasteiger partial charge in [0.25, 0.3) is 17.5 Å². The molecule has 3 aromatic rings. The molecule has 0 radical (unpaired) electrons. The number of carbonyl (C=O) groups is 2. The Labute approximate surface area is 160 Å². The molecule has 0 aliphatic carbocycles. The number of anilines is 1. The van der Waals surface area contributed by atoms with E-state index in [4.69, 9.17) is 0 Å². The van der Waals surface area contributed by atoms with E-state index < -0.39 is 10.8 Å². The minimum atomic E-state index is -0.623. The van der Waals surface area contributed by atoms with Crippen LogP contribution in [0.1, 0.15) is 32.1 Å². The molecule has 0 saturated carbocycles. The molecule has 8 nitrogen and oxygen atoms in total. The van der Waals surface area contributed by atoms with E-state index in [9.17, 15) is 19.7 Å². The Bertz CT molecular complexity index is 1050. The van der Waals surface area contributed by atoms with Crippen LogP contribution in [-0.2, 0) is 0 Å². The maximum absolute atomic E-state index is 12.5. The summed E-state index contributed by atoms with van der Waals surface area (Å²) >= 11 is 0. The number of para-hydroxylation sites is 1. The van der Waals surface area contributed by atoms with Gasteiger partial charge in [-0.25, -0.2) is 0 Å². The van der Waals surface area contributed by atoms with Gasteiger partial charge >= 0.3 is 0 Å². The van der Waals surface area contributed by atoms with E-state index in [0.717, 1.165) is 11.4 Å². The van der Waals surface area contributed by atoms with Crippen LogP contribution in [0.15, 0.2) is 60.7 Å². The van der Waals surface area contributed by atoms with Crippen LogP contribution in [0.2, 0.25) is 0 Å². The Kier molecular flexibility index (Phi) is 5.21. The van der Waals surface area contributed by atoms with E-state index in [0.29, 0.717) is 11.3 Å². The minimum Gasteiger partial charge on any atom is -0.322 e. The number of amides is 2. The number of aromatic nitrogens is 1. The lowest BCUT2D eigenvalue weighted by Crippen LogP contribution is -2.24. The fourth-order valence-corrected chi connectivity index (χ4v) is 2.77. The highest BCUT2D eigenvalue weighted by atomic mass is 16.6. The average Bonchev–Trinajstić information content (AvgIpc) is 3.00. The molecule has 0 spiro atoms. The summed E-state index contributed by atoms with van der Waals surface area (Å²) in [6, 6.07) is 15.8. The molecule has 0 saturated heterocycles. The Balaban J connectivity index is 1.79. The first kappa shape index (κ1) is 18.8. The first-order chi connectivity index (χ1) is 13.4. The lowest BCUT2D eigenvalue weighted by Gasteiger charge is -2.12. The minimum absolute atomic E-state index is 0.0547. The zero-order valence-corrected chi connectivity index (χ0v) is 15.3. The lowest BCUT2D eigenvalue weighted by molar-refractivity contribution is -0.385. The lowest BCUT2D eigenvalue weighted by atomic mass is 10.1. The van der Waals surface area contributed by atoms with Gasteiger partial charge in [0, 0.05) is 28.7 Å². The molecule has 2 aromatic carbocycles. The smallest absolute Gasteiger partial charge is 0.282 e. The predicted molar refractivity (Wildman–Crippen MR) is 105 cm³/mol. The molecule has 2 N–H and O–H groups in total. The van der Waals surface area contributed by atoms with Crippen molar-refractivity contribution in [3.8, 4) is 0 Å². The second kappa shape index (κ2) is 7.75. The molecular formula is C20H18N4O4. The normalized spacial score (nSPS) is 10.4. The maximum atomic E-state index is 12.5. The number of aryl methyl sites for hydroxylation is 2. The largest absolute Gasteiger partial charge is 0.322 e. The zero-order valence-electron chi connectivity index (χ0n) is 15.3. The number of hydrogen-bond acceptors (Lipinski definition) is 4. The van der Waals surface area contributed by atoms with Crippen LogP contribution in [-0.4, -0.2) is 21.4 Å². The van der Waals surface area contributed by atoms with Crippen LogP contribution >= 0.6 is 0 Å². The van der Waals surface area contributed by atoms with Gasteiger partial charge in [-0.3, -0.25) is 29.8 Å². The Morgan fingerprint density at radius 2 is 1.61 bits per heavy atom. The average molecular weight is 378 g/mol. The van der Waals surface area contributed by atoms with Crippen molar-refractivity contribution in [2.24, 2.45) is 0 Å². The number of hydrogen-bond donors (Lipinski definition) is 2. The topological polar surface area (TPSA) is 106 Å². The summed E-state index contributed by atoms with van der Waals surface area (Å²) in [5, 5.41) is 13.7. The van der Waals surface area contributed by atoms with Crippen molar-refractivity contribution in [1.82, 2.24) is 4.68 Å². The molecule has 28 heavy (non-hydrogen) atoms. The fraction of sp³-hybridized carbons (Fsp3) is 0.100. The first-order valence-corrected chi connectivity index (χ1v) is 8.48. The number of rotatable bonds is 5. The third-order valence-corrected chi connectivity index (χ3v) is 4.21. The molecule has 142 valence electrons. The van der Waals surface area contributed by atoms with Gasteiger partial charge in [-0.05, 0) is 50.2 Å². The van der Waals surface area contributed by atoms with E-state index in [1.807, 2.05) is 26.0 Å². The summed E-state index contributed by atoms with van der Waals surface area (Å²) in [6.45, 7) is 3.74. The molecule has 0 atom stereocenters. The van der Waals surface area contributed by atoms with Crippen molar-refractivity contribution < 1.29 is 14.5 Å². The van der Waals surface area contributed by atoms with Gasteiger partial charge in [0.1, 0.15) is 5.56 Å². The molecule has 1 heterocycles. The van der Waals surface area contributed by atoms with Crippen LogP contribution in [0.3, 0.4) is 0 Å². The second-order valence-electron chi connectivity index (χ2n) is 6.20. The van der Waals surface area contributed by atoms with E-state index >= 15 is 0 Å². The second-order valence-corrected chi connectivity index (χ2v) is 6.20. The van der Waals surface area contributed by atoms with E-state index in [1.165, 1.54) is 24.3 Å². The molecule has 0 unspecified atom stereocenters. The van der Waals surface area contributed by atoms with Crippen LogP contribution in [0.4, 0.5) is 11.4 Å². The molecule has 8 heteroatoms. The Morgan fingerprint density at radius 1 is 0.929 bits per heavy atom. The van der Waals surface area contributed by atoms with E-state index in [-0.39, 0.29) is 17.2 Å². The van der Waals surface area contributed by atoms with Gasteiger partial charge in [0.2, 0.25) is 0 Å². The van der Waals surface area contributed by atoms with Crippen molar-refractivity contribution in [3.63, 3.8) is 0 Å². The van der Waals surface area contributed by atoms with E-state index in [2.05, 4.69) is 10.7 Å².